The summed E-state index contributed by atoms with van der Waals surface area (Å²) in [6.45, 7) is 0.00720. The van der Waals surface area contributed by atoms with Crippen molar-refractivity contribution in [3.63, 3.8) is 0 Å². The normalized spacial score (nSPS) is 10.6. The number of fused-ring (bicyclic) bond motifs is 1. The summed E-state index contributed by atoms with van der Waals surface area (Å²) >= 11 is 2.93. The molecule has 0 fully saturated rings. The number of para-hydroxylation sites is 2. The molecule has 3 rings (SSSR count). The van der Waals surface area contributed by atoms with E-state index in [2.05, 4.69) is 10.3 Å². The summed E-state index contributed by atoms with van der Waals surface area (Å²) in [5.74, 6) is -0.101. The van der Waals surface area contributed by atoms with Gasteiger partial charge in [-0.2, -0.15) is 0 Å². The van der Waals surface area contributed by atoms with Crippen LogP contribution >= 0.6 is 23.5 Å². The molecule has 0 unspecified atom stereocenters. The highest BCUT2D eigenvalue weighted by atomic mass is 32.2. The van der Waals surface area contributed by atoms with E-state index < -0.39 is 0 Å². The highest BCUT2D eigenvalue weighted by Gasteiger charge is 2.15. The highest BCUT2D eigenvalue weighted by molar-refractivity contribution is 7.99. The number of carbonyl (C=O) groups excluding carboxylic acids is 2. The Bertz CT molecular complexity index is 994. The van der Waals surface area contributed by atoms with Crippen molar-refractivity contribution in [1.29, 1.82) is 0 Å². The smallest absolute Gasteiger partial charge is 0.244 e. The van der Waals surface area contributed by atoms with E-state index in [1.165, 1.54) is 16.7 Å². The largest absolute Gasteiger partial charge is 0.336 e. The van der Waals surface area contributed by atoms with Crippen LogP contribution in [0.15, 0.2) is 70.6 Å². The van der Waals surface area contributed by atoms with Gasteiger partial charge in [-0.3, -0.25) is 9.59 Å². The highest BCUT2D eigenvalue weighted by Crippen LogP contribution is 2.24. The maximum atomic E-state index is 12.4. The topological polar surface area (TPSA) is 62.3 Å². The van der Waals surface area contributed by atoms with Crippen LogP contribution in [-0.4, -0.2) is 47.3 Å². The molecule has 0 radical (unpaired) electrons. The van der Waals surface area contributed by atoms with E-state index in [9.17, 15) is 9.59 Å². The van der Waals surface area contributed by atoms with Crippen molar-refractivity contribution in [2.75, 3.05) is 30.9 Å². The van der Waals surface area contributed by atoms with Crippen molar-refractivity contribution < 1.29 is 9.59 Å². The Morgan fingerprint density at radius 3 is 2.61 bits per heavy atom. The van der Waals surface area contributed by atoms with E-state index in [0.29, 0.717) is 0 Å². The second kappa shape index (κ2) is 9.61. The number of anilines is 1. The molecule has 0 bridgehead atoms. The predicted molar refractivity (Wildman–Crippen MR) is 117 cm³/mol. The zero-order valence-electron chi connectivity index (χ0n) is 15.7. The zero-order valence-corrected chi connectivity index (χ0v) is 17.3. The monoisotopic (exact) mass is 411 g/mol. The van der Waals surface area contributed by atoms with Gasteiger partial charge in [0, 0.05) is 17.3 Å². The molecule has 0 spiro atoms. The molecule has 0 aliphatic carbocycles. The fourth-order valence-corrected chi connectivity index (χ4v) is 3.99. The summed E-state index contributed by atoms with van der Waals surface area (Å²) in [5.41, 5.74) is 1.66. The van der Waals surface area contributed by atoms with Gasteiger partial charge in [0.1, 0.15) is 0 Å². The van der Waals surface area contributed by atoms with Crippen LogP contribution < -0.4 is 5.32 Å². The Morgan fingerprint density at radius 2 is 1.79 bits per heavy atom. The van der Waals surface area contributed by atoms with Gasteiger partial charge >= 0.3 is 0 Å². The number of aromatic nitrogens is 1. The third-order valence-corrected chi connectivity index (χ3v) is 5.81. The predicted octanol–water partition coefficient (Wildman–Crippen LogP) is 4.15. The summed E-state index contributed by atoms with van der Waals surface area (Å²) in [6, 6.07) is 19.4. The first-order valence-corrected chi connectivity index (χ1v) is 10.9. The lowest BCUT2D eigenvalue weighted by Crippen LogP contribution is -2.36. The SMILES string of the molecule is CSc1ccccc1NC(=O)CN(C)C(=O)CSc1ccc2ccccc2n1. The number of benzene rings is 2. The lowest BCUT2D eigenvalue weighted by atomic mass is 10.2. The van der Waals surface area contributed by atoms with Crippen LogP contribution in [0.25, 0.3) is 10.9 Å². The molecule has 0 saturated heterocycles. The summed E-state index contributed by atoms with van der Waals surface area (Å²) < 4.78 is 0. The summed E-state index contributed by atoms with van der Waals surface area (Å²) in [7, 11) is 1.64. The van der Waals surface area contributed by atoms with E-state index in [4.69, 9.17) is 0 Å². The molecule has 28 heavy (non-hydrogen) atoms. The molecule has 144 valence electrons. The first kappa shape index (κ1) is 20.2. The minimum atomic E-state index is -0.216. The molecule has 7 heteroatoms. The van der Waals surface area contributed by atoms with E-state index in [-0.39, 0.29) is 24.1 Å². The maximum Gasteiger partial charge on any atom is 0.244 e. The minimum Gasteiger partial charge on any atom is -0.336 e. The molecule has 2 aromatic carbocycles. The Hall–Kier alpha value is -2.51. The van der Waals surface area contributed by atoms with Crippen LogP contribution in [0, 0.1) is 0 Å². The van der Waals surface area contributed by atoms with Crippen molar-refractivity contribution in [3.05, 3.63) is 60.7 Å². The average Bonchev–Trinajstić information content (AvgIpc) is 2.72. The van der Waals surface area contributed by atoms with Gasteiger partial charge in [0.25, 0.3) is 0 Å². The van der Waals surface area contributed by atoms with Crippen molar-refractivity contribution in [2.45, 2.75) is 9.92 Å². The molecule has 1 aromatic heterocycles. The molecular formula is C21H21N3O2S2. The minimum absolute atomic E-state index is 0.00720. The van der Waals surface area contributed by atoms with E-state index in [0.717, 1.165) is 26.5 Å². The number of thioether (sulfide) groups is 2. The van der Waals surface area contributed by atoms with E-state index in [1.54, 1.807) is 18.8 Å². The Kier molecular flexibility index (Phi) is 6.95. The maximum absolute atomic E-state index is 12.4. The lowest BCUT2D eigenvalue weighted by Gasteiger charge is -2.17. The van der Waals surface area contributed by atoms with Gasteiger partial charge < -0.3 is 10.2 Å². The van der Waals surface area contributed by atoms with Crippen molar-refractivity contribution in [2.24, 2.45) is 0 Å². The van der Waals surface area contributed by atoms with E-state index >= 15 is 0 Å². The van der Waals surface area contributed by atoms with E-state index in [1.807, 2.05) is 66.9 Å². The van der Waals surface area contributed by atoms with Crippen LogP contribution in [0.3, 0.4) is 0 Å². The molecule has 1 heterocycles. The van der Waals surface area contributed by atoms with Crippen LogP contribution in [0.2, 0.25) is 0 Å². The Morgan fingerprint density at radius 1 is 1.04 bits per heavy atom. The number of nitrogens with zero attached hydrogens (tertiary/aromatic N) is 2. The molecule has 0 saturated carbocycles. The number of pyridine rings is 1. The molecule has 2 amide bonds. The molecule has 0 aliphatic heterocycles. The second-order valence-electron chi connectivity index (χ2n) is 6.13. The van der Waals surface area contributed by atoms with Crippen LogP contribution in [0.5, 0.6) is 0 Å². The zero-order chi connectivity index (χ0) is 19.9. The quantitative estimate of drug-likeness (QED) is 0.592. The Labute approximate surface area is 172 Å². The molecule has 0 aliphatic rings. The molecule has 3 aromatic rings. The third kappa shape index (κ3) is 5.27. The average molecular weight is 412 g/mol. The number of amides is 2. The summed E-state index contributed by atoms with van der Waals surface area (Å²) in [4.78, 5) is 31.6. The number of rotatable bonds is 7. The molecular weight excluding hydrogens is 390 g/mol. The number of carbonyl (C=O) groups is 2. The third-order valence-electron chi connectivity index (χ3n) is 4.10. The van der Waals surface area contributed by atoms with Crippen molar-refractivity contribution in [3.8, 4) is 0 Å². The number of hydrogen-bond acceptors (Lipinski definition) is 5. The number of hydrogen-bond donors (Lipinski definition) is 1. The van der Waals surface area contributed by atoms with Gasteiger partial charge in [0.15, 0.2) is 0 Å². The van der Waals surface area contributed by atoms with Crippen LogP contribution in [0.4, 0.5) is 5.69 Å². The van der Waals surface area contributed by atoms with Gasteiger partial charge in [-0.1, -0.05) is 48.2 Å². The molecule has 5 nitrogen and oxygen atoms in total. The molecule has 1 N–H and O–H groups in total. The lowest BCUT2D eigenvalue weighted by molar-refractivity contribution is -0.131. The summed E-state index contributed by atoms with van der Waals surface area (Å²) in [6.07, 6.45) is 1.96. The first-order chi connectivity index (χ1) is 13.6. The molecule has 0 atom stereocenters. The fraction of sp³-hybridized carbons (Fsp3) is 0.190. The van der Waals surface area contributed by atoms with Gasteiger partial charge in [0.05, 0.1) is 28.5 Å². The van der Waals surface area contributed by atoms with Gasteiger partial charge in [-0.25, -0.2) is 4.98 Å². The van der Waals surface area contributed by atoms with Gasteiger partial charge in [-0.15, -0.1) is 11.8 Å². The fourth-order valence-electron chi connectivity index (χ4n) is 2.61. The van der Waals surface area contributed by atoms with Crippen molar-refractivity contribution >= 4 is 51.9 Å². The standard InChI is InChI=1S/C21H21N3O2S2/c1-24(13-19(25)22-17-9-5-6-10-18(17)27-2)21(26)14-28-20-12-11-15-7-3-4-8-16(15)23-20/h3-12H,13-14H2,1-2H3,(H,22,25). The first-order valence-electron chi connectivity index (χ1n) is 8.72. The number of nitrogens with one attached hydrogen (secondary N) is 1. The second-order valence-corrected chi connectivity index (χ2v) is 7.97. The van der Waals surface area contributed by atoms with Crippen molar-refractivity contribution in [1.82, 2.24) is 9.88 Å². The Balaban J connectivity index is 1.52. The summed E-state index contributed by atoms with van der Waals surface area (Å²) in [5, 5.41) is 4.73. The van der Waals surface area contributed by atoms with Crippen LogP contribution in [-0.2, 0) is 9.59 Å². The van der Waals surface area contributed by atoms with Gasteiger partial charge in [0.2, 0.25) is 11.8 Å². The van der Waals surface area contributed by atoms with Gasteiger partial charge in [-0.05, 0) is 30.5 Å². The van der Waals surface area contributed by atoms with Crippen LogP contribution in [0.1, 0.15) is 0 Å². The number of likely N-dealkylation sites (N-methyl/N-ethyl adjacent to an activating group) is 1.